The maximum Gasteiger partial charge on any atom is 0.511 e. The van der Waals surface area contributed by atoms with Crippen molar-refractivity contribution >= 4 is 6.16 Å². The standard InChI is InChI=1S/C8H3F7N2O3/c9-4(10)3-2(20-6(18)19)1-16-5(17-3)7(11,12)8(13,14)15/h1,4H,(H,18,19). The Balaban J connectivity index is 3.34. The second-order valence-electron chi connectivity index (χ2n) is 3.18. The number of carbonyl (C=O) groups is 1. The molecule has 0 spiro atoms. The fourth-order valence-corrected chi connectivity index (χ4v) is 0.991. The van der Waals surface area contributed by atoms with Gasteiger partial charge in [-0.15, -0.1) is 0 Å². The third-order valence-corrected chi connectivity index (χ3v) is 1.82. The van der Waals surface area contributed by atoms with E-state index < -0.39 is 41.9 Å². The van der Waals surface area contributed by atoms with Crippen LogP contribution in [0, 0.1) is 0 Å². The molecule has 0 aliphatic heterocycles. The Morgan fingerprint density at radius 1 is 1.25 bits per heavy atom. The second kappa shape index (κ2) is 5.09. The number of rotatable bonds is 3. The van der Waals surface area contributed by atoms with Gasteiger partial charge < -0.3 is 9.84 Å². The van der Waals surface area contributed by atoms with Gasteiger partial charge in [0.15, 0.2) is 11.4 Å². The number of ether oxygens (including phenoxy) is 1. The van der Waals surface area contributed by atoms with E-state index in [4.69, 9.17) is 5.11 Å². The number of hydrogen-bond acceptors (Lipinski definition) is 4. The molecule has 1 aromatic rings. The largest absolute Gasteiger partial charge is 0.511 e. The van der Waals surface area contributed by atoms with Gasteiger partial charge in [-0.05, 0) is 0 Å². The van der Waals surface area contributed by atoms with Crippen LogP contribution in [-0.2, 0) is 5.92 Å². The molecule has 0 saturated heterocycles. The van der Waals surface area contributed by atoms with Gasteiger partial charge in [0, 0.05) is 0 Å². The van der Waals surface area contributed by atoms with E-state index in [0.717, 1.165) is 0 Å². The van der Waals surface area contributed by atoms with Gasteiger partial charge in [0.25, 0.3) is 6.43 Å². The molecule has 0 radical (unpaired) electrons. The highest BCUT2D eigenvalue weighted by Gasteiger charge is 2.61. The molecule has 1 rings (SSSR count). The van der Waals surface area contributed by atoms with Crippen LogP contribution in [0.5, 0.6) is 5.75 Å². The first-order valence-corrected chi connectivity index (χ1v) is 4.47. The Kier molecular flexibility index (Phi) is 4.05. The first-order chi connectivity index (χ1) is 8.96. The minimum Gasteiger partial charge on any atom is -0.449 e. The van der Waals surface area contributed by atoms with E-state index in [2.05, 4.69) is 14.7 Å². The lowest BCUT2D eigenvalue weighted by Crippen LogP contribution is -2.35. The zero-order chi connectivity index (χ0) is 15.7. The van der Waals surface area contributed by atoms with Crippen LogP contribution in [0.25, 0.3) is 0 Å². The maximum absolute atomic E-state index is 12.8. The quantitative estimate of drug-likeness (QED) is 0.686. The van der Waals surface area contributed by atoms with Crippen molar-refractivity contribution in [1.29, 1.82) is 0 Å². The fraction of sp³-hybridized carbons (Fsp3) is 0.375. The summed E-state index contributed by atoms with van der Waals surface area (Å²) in [7, 11) is 0. The van der Waals surface area contributed by atoms with Crippen molar-refractivity contribution < 1.29 is 45.4 Å². The van der Waals surface area contributed by atoms with Crippen LogP contribution in [-0.4, -0.2) is 27.4 Å². The molecular weight excluding hydrogens is 305 g/mol. The summed E-state index contributed by atoms with van der Waals surface area (Å²) in [4.78, 5) is 15.0. The lowest BCUT2D eigenvalue weighted by atomic mass is 10.3. The number of carboxylic acid groups (broad SMARTS) is 1. The molecular formula is C8H3F7N2O3. The number of halogens is 7. The van der Waals surface area contributed by atoms with E-state index in [1.165, 1.54) is 0 Å². The minimum absolute atomic E-state index is 0.00238. The Morgan fingerprint density at radius 3 is 2.20 bits per heavy atom. The van der Waals surface area contributed by atoms with Gasteiger partial charge in [0.05, 0.1) is 6.20 Å². The third-order valence-electron chi connectivity index (χ3n) is 1.82. The van der Waals surface area contributed by atoms with Gasteiger partial charge in [-0.25, -0.2) is 23.5 Å². The number of nitrogens with zero attached hydrogens (tertiary/aromatic N) is 2. The molecule has 0 bridgehead atoms. The van der Waals surface area contributed by atoms with Crippen molar-refractivity contribution in [3.8, 4) is 5.75 Å². The zero-order valence-corrected chi connectivity index (χ0v) is 8.96. The maximum atomic E-state index is 12.8. The summed E-state index contributed by atoms with van der Waals surface area (Å²) in [6, 6.07) is 0. The molecule has 0 amide bonds. The highest BCUT2D eigenvalue weighted by molar-refractivity contribution is 5.61. The molecule has 0 aromatic carbocycles. The molecule has 0 aliphatic carbocycles. The SMILES string of the molecule is O=C(O)Oc1cnc(C(F)(F)C(F)(F)F)nc1C(F)F. The molecule has 0 atom stereocenters. The van der Waals surface area contributed by atoms with Gasteiger partial charge in [-0.1, -0.05) is 0 Å². The molecule has 1 aromatic heterocycles. The zero-order valence-electron chi connectivity index (χ0n) is 8.96. The minimum atomic E-state index is -6.10. The smallest absolute Gasteiger partial charge is 0.449 e. The molecule has 20 heavy (non-hydrogen) atoms. The summed E-state index contributed by atoms with van der Waals surface area (Å²) >= 11 is 0. The van der Waals surface area contributed by atoms with E-state index in [1.54, 1.807) is 0 Å². The van der Waals surface area contributed by atoms with Crippen molar-refractivity contribution in [3.05, 3.63) is 17.7 Å². The van der Waals surface area contributed by atoms with Crippen molar-refractivity contribution in [2.75, 3.05) is 0 Å². The molecule has 0 unspecified atom stereocenters. The fourth-order valence-electron chi connectivity index (χ4n) is 0.991. The third kappa shape index (κ3) is 3.05. The summed E-state index contributed by atoms with van der Waals surface area (Å²) < 4.78 is 90.4. The normalized spacial score (nSPS) is 12.6. The topological polar surface area (TPSA) is 72.3 Å². The highest BCUT2D eigenvalue weighted by atomic mass is 19.4. The summed E-state index contributed by atoms with van der Waals surface area (Å²) in [6.45, 7) is 0. The lowest BCUT2D eigenvalue weighted by molar-refractivity contribution is -0.292. The van der Waals surface area contributed by atoms with Crippen LogP contribution in [0.15, 0.2) is 6.20 Å². The van der Waals surface area contributed by atoms with Crippen molar-refractivity contribution in [2.45, 2.75) is 18.5 Å². The second-order valence-corrected chi connectivity index (χ2v) is 3.18. The van der Waals surface area contributed by atoms with Crippen LogP contribution >= 0.6 is 0 Å². The predicted octanol–water partition coefficient (Wildman–Crippen LogP) is 3.13. The van der Waals surface area contributed by atoms with E-state index in [0.29, 0.717) is 0 Å². The average molecular weight is 308 g/mol. The highest BCUT2D eigenvalue weighted by Crippen LogP contribution is 2.43. The van der Waals surface area contributed by atoms with Crippen molar-refractivity contribution in [3.63, 3.8) is 0 Å². The summed E-state index contributed by atoms with van der Waals surface area (Å²) in [5.41, 5.74) is -1.69. The molecule has 1 heterocycles. The van der Waals surface area contributed by atoms with Gasteiger partial charge in [0.2, 0.25) is 5.82 Å². The summed E-state index contributed by atoms with van der Waals surface area (Å²) in [5.74, 6) is -9.05. The van der Waals surface area contributed by atoms with Crippen molar-refractivity contribution in [2.24, 2.45) is 0 Å². The van der Waals surface area contributed by atoms with Crippen LogP contribution < -0.4 is 4.74 Å². The van der Waals surface area contributed by atoms with Crippen LogP contribution in [0.4, 0.5) is 35.5 Å². The Morgan fingerprint density at radius 2 is 1.80 bits per heavy atom. The Labute approximate surface area is 105 Å². The monoisotopic (exact) mass is 308 g/mol. The van der Waals surface area contributed by atoms with Gasteiger partial charge in [-0.2, -0.15) is 22.0 Å². The molecule has 0 fully saturated rings. The lowest BCUT2D eigenvalue weighted by Gasteiger charge is -2.18. The molecule has 0 saturated carbocycles. The van der Waals surface area contributed by atoms with Crippen LogP contribution in [0.3, 0.4) is 0 Å². The Hall–Kier alpha value is -2.14. The van der Waals surface area contributed by atoms with Gasteiger partial charge >= 0.3 is 18.3 Å². The molecule has 0 aliphatic rings. The average Bonchev–Trinajstić information content (AvgIpc) is 2.26. The van der Waals surface area contributed by atoms with Crippen LogP contribution in [0.2, 0.25) is 0 Å². The molecule has 5 nitrogen and oxygen atoms in total. The molecule has 12 heteroatoms. The summed E-state index contributed by atoms with van der Waals surface area (Å²) in [6.07, 6.45) is -11.8. The number of hydrogen-bond donors (Lipinski definition) is 1. The number of aromatic nitrogens is 2. The predicted molar refractivity (Wildman–Crippen MR) is 45.6 cm³/mol. The van der Waals surface area contributed by atoms with E-state index >= 15 is 0 Å². The molecule has 1 N–H and O–H groups in total. The van der Waals surface area contributed by atoms with Gasteiger partial charge in [0.1, 0.15) is 0 Å². The van der Waals surface area contributed by atoms with Gasteiger partial charge in [-0.3, -0.25) is 0 Å². The van der Waals surface area contributed by atoms with Crippen LogP contribution in [0.1, 0.15) is 17.9 Å². The first kappa shape index (κ1) is 15.9. The van der Waals surface area contributed by atoms with E-state index in [1.807, 2.05) is 0 Å². The number of alkyl halides is 7. The first-order valence-electron chi connectivity index (χ1n) is 4.47. The molecule has 112 valence electrons. The summed E-state index contributed by atoms with van der Waals surface area (Å²) in [5, 5.41) is 8.18. The van der Waals surface area contributed by atoms with E-state index in [-0.39, 0.29) is 6.20 Å². The van der Waals surface area contributed by atoms with E-state index in [9.17, 15) is 35.5 Å². The Bertz CT molecular complexity index is 517. The van der Waals surface area contributed by atoms with Crippen molar-refractivity contribution in [1.82, 2.24) is 9.97 Å².